The highest BCUT2D eigenvalue weighted by molar-refractivity contribution is 7.86. The summed E-state index contributed by atoms with van der Waals surface area (Å²) < 4.78 is 25.3. The standard InChI is InChI=1S/C14H19FN2O2S/c1-9(14(18)17-11-4-2-3-5-11)20(19)13-7-6-10(15)8-12(13)16/h6-9,11H,2-5,16H2,1H3,(H,17,18). The molecule has 0 spiro atoms. The monoisotopic (exact) mass is 298 g/mol. The van der Waals surface area contributed by atoms with Gasteiger partial charge in [-0.05, 0) is 38.0 Å². The SMILES string of the molecule is CC(C(=O)NC1CCCC1)S(=O)c1ccc(F)cc1N. The van der Waals surface area contributed by atoms with E-state index >= 15 is 0 Å². The van der Waals surface area contributed by atoms with Crippen LogP contribution in [0.1, 0.15) is 32.6 Å². The first kappa shape index (κ1) is 15.0. The molecule has 1 aliphatic carbocycles. The van der Waals surface area contributed by atoms with Crippen LogP contribution in [0.2, 0.25) is 0 Å². The van der Waals surface area contributed by atoms with E-state index in [1.165, 1.54) is 12.1 Å². The maximum absolute atomic E-state index is 13.0. The van der Waals surface area contributed by atoms with Crippen LogP contribution in [0.4, 0.5) is 10.1 Å². The molecule has 0 bridgehead atoms. The maximum Gasteiger partial charge on any atom is 0.236 e. The molecule has 0 aliphatic heterocycles. The van der Waals surface area contributed by atoms with Gasteiger partial charge in [0.05, 0.1) is 21.4 Å². The van der Waals surface area contributed by atoms with E-state index in [1.54, 1.807) is 6.92 Å². The van der Waals surface area contributed by atoms with Crippen molar-refractivity contribution in [3.05, 3.63) is 24.0 Å². The molecule has 1 fully saturated rings. The zero-order chi connectivity index (χ0) is 14.7. The molecular formula is C14H19FN2O2S. The Kier molecular flexibility index (Phi) is 4.75. The summed E-state index contributed by atoms with van der Waals surface area (Å²) in [6, 6.07) is 3.88. The van der Waals surface area contributed by atoms with Crippen molar-refractivity contribution in [2.45, 2.75) is 48.8 Å². The second kappa shape index (κ2) is 6.35. The zero-order valence-corrected chi connectivity index (χ0v) is 12.2. The lowest BCUT2D eigenvalue weighted by atomic mass is 10.2. The third-order valence-corrected chi connectivity index (χ3v) is 5.24. The lowest BCUT2D eigenvalue weighted by Gasteiger charge is -2.17. The number of hydrogen-bond donors (Lipinski definition) is 2. The zero-order valence-electron chi connectivity index (χ0n) is 11.4. The third-order valence-electron chi connectivity index (χ3n) is 3.58. The largest absolute Gasteiger partial charge is 0.398 e. The first-order chi connectivity index (χ1) is 9.49. The van der Waals surface area contributed by atoms with E-state index in [2.05, 4.69) is 5.32 Å². The number of nitrogen functional groups attached to an aromatic ring is 1. The van der Waals surface area contributed by atoms with Crippen molar-refractivity contribution in [3.8, 4) is 0 Å². The lowest BCUT2D eigenvalue weighted by Crippen LogP contribution is -2.40. The predicted molar refractivity (Wildman–Crippen MR) is 77.1 cm³/mol. The average molecular weight is 298 g/mol. The van der Waals surface area contributed by atoms with Crippen molar-refractivity contribution in [2.75, 3.05) is 5.73 Å². The number of amides is 1. The molecule has 0 aromatic heterocycles. The van der Waals surface area contributed by atoms with Crippen LogP contribution >= 0.6 is 0 Å². The van der Waals surface area contributed by atoms with E-state index in [-0.39, 0.29) is 17.6 Å². The number of nitrogens with one attached hydrogen (secondary N) is 1. The van der Waals surface area contributed by atoms with Crippen molar-refractivity contribution >= 4 is 22.4 Å². The van der Waals surface area contributed by atoms with Gasteiger partial charge in [0.15, 0.2) is 0 Å². The van der Waals surface area contributed by atoms with E-state index in [0.717, 1.165) is 31.7 Å². The van der Waals surface area contributed by atoms with Gasteiger partial charge in [0.25, 0.3) is 0 Å². The van der Waals surface area contributed by atoms with Gasteiger partial charge in [0.2, 0.25) is 5.91 Å². The summed E-state index contributed by atoms with van der Waals surface area (Å²) in [5.41, 5.74) is 5.77. The van der Waals surface area contributed by atoms with Gasteiger partial charge in [-0.15, -0.1) is 0 Å². The normalized spacial score (nSPS) is 18.7. The smallest absolute Gasteiger partial charge is 0.236 e. The van der Waals surface area contributed by atoms with Crippen molar-refractivity contribution in [2.24, 2.45) is 0 Å². The summed E-state index contributed by atoms with van der Waals surface area (Å²) >= 11 is 0. The summed E-state index contributed by atoms with van der Waals surface area (Å²) in [6.45, 7) is 1.60. The minimum absolute atomic E-state index is 0.115. The Balaban J connectivity index is 2.05. The minimum atomic E-state index is -1.58. The number of halogens is 1. The minimum Gasteiger partial charge on any atom is -0.398 e. The second-order valence-corrected chi connectivity index (χ2v) is 6.85. The molecule has 4 nitrogen and oxygen atoms in total. The summed E-state index contributed by atoms with van der Waals surface area (Å²) in [7, 11) is -1.58. The molecule has 1 aromatic carbocycles. The first-order valence-corrected chi connectivity index (χ1v) is 7.96. The molecule has 1 aliphatic rings. The van der Waals surface area contributed by atoms with Crippen molar-refractivity contribution < 1.29 is 13.4 Å². The molecule has 3 N–H and O–H groups in total. The molecular weight excluding hydrogens is 279 g/mol. The molecule has 1 amide bonds. The van der Waals surface area contributed by atoms with Crippen LogP contribution in [0.5, 0.6) is 0 Å². The van der Waals surface area contributed by atoms with Crippen LogP contribution in [0.25, 0.3) is 0 Å². The van der Waals surface area contributed by atoms with Crippen molar-refractivity contribution in [1.82, 2.24) is 5.32 Å². The first-order valence-electron chi connectivity index (χ1n) is 6.75. The van der Waals surface area contributed by atoms with Gasteiger partial charge in [-0.1, -0.05) is 12.8 Å². The van der Waals surface area contributed by atoms with Crippen LogP contribution in [0, 0.1) is 5.82 Å². The summed E-state index contributed by atoms with van der Waals surface area (Å²) in [6.07, 6.45) is 4.19. The van der Waals surface area contributed by atoms with Gasteiger partial charge in [-0.25, -0.2) is 4.39 Å². The fourth-order valence-corrected chi connectivity index (χ4v) is 3.52. The van der Waals surface area contributed by atoms with Gasteiger partial charge in [-0.2, -0.15) is 0 Å². The predicted octanol–water partition coefficient (Wildman–Crippen LogP) is 1.96. The second-order valence-electron chi connectivity index (χ2n) is 5.11. The Morgan fingerprint density at radius 3 is 2.70 bits per heavy atom. The Hall–Kier alpha value is -1.43. The topological polar surface area (TPSA) is 72.2 Å². The molecule has 0 heterocycles. The highest BCUT2D eigenvalue weighted by atomic mass is 32.2. The van der Waals surface area contributed by atoms with Crippen molar-refractivity contribution in [1.29, 1.82) is 0 Å². The lowest BCUT2D eigenvalue weighted by molar-refractivity contribution is -0.121. The fraction of sp³-hybridized carbons (Fsp3) is 0.500. The third kappa shape index (κ3) is 3.36. The number of rotatable bonds is 4. The number of nitrogens with two attached hydrogens (primary N) is 1. The molecule has 6 heteroatoms. The Morgan fingerprint density at radius 2 is 2.10 bits per heavy atom. The van der Waals surface area contributed by atoms with Crippen LogP contribution in [-0.2, 0) is 15.6 Å². The molecule has 2 rings (SSSR count). The fourth-order valence-electron chi connectivity index (χ4n) is 2.38. The Bertz CT molecular complexity index is 530. The molecule has 110 valence electrons. The molecule has 20 heavy (non-hydrogen) atoms. The van der Waals surface area contributed by atoms with Gasteiger partial charge in [-0.3, -0.25) is 9.00 Å². The van der Waals surface area contributed by atoms with Gasteiger partial charge < -0.3 is 11.1 Å². The highest BCUT2D eigenvalue weighted by Crippen LogP contribution is 2.22. The quantitative estimate of drug-likeness (QED) is 0.835. The summed E-state index contributed by atoms with van der Waals surface area (Å²) in [4.78, 5) is 12.4. The van der Waals surface area contributed by atoms with E-state index in [0.29, 0.717) is 4.90 Å². The Morgan fingerprint density at radius 1 is 1.45 bits per heavy atom. The van der Waals surface area contributed by atoms with E-state index in [1.807, 2.05) is 0 Å². The van der Waals surface area contributed by atoms with E-state index in [4.69, 9.17) is 5.73 Å². The van der Waals surface area contributed by atoms with Crippen LogP contribution in [0.15, 0.2) is 23.1 Å². The summed E-state index contributed by atoms with van der Waals surface area (Å²) in [5, 5.41) is 2.21. The molecule has 0 saturated heterocycles. The van der Waals surface area contributed by atoms with Crippen molar-refractivity contribution in [3.63, 3.8) is 0 Å². The molecule has 0 radical (unpaired) electrons. The van der Waals surface area contributed by atoms with E-state index < -0.39 is 21.9 Å². The van der Waals surface area contributed by atoms with Gasteiger partial charge >= 0.3 is 0 Å². The molecule has 2 atom stereocenters. The highest BCUT2D eigenvalue weighted by Gasteiger charge is 2.26. The molecule has 1 aromatic rings. The van der Waals surface area contributed by atoms with Crippen LogP contribution in [0.3, 0.4) is 0 Å². The molecule has 2 unspecified atom stereocenters. The number of carbonyl (C=O) groups excluding carboxylic acids is 1. The number of hydrogen-bond acceptors (Lipinski definition) is 3. The summed E-state index contributed by atoms with van der Waals surface area (Å²) in [5.74, 6) is -0.717. The van der Waals surface area contributed by atoms with E-state index in [9.17, 15) is 13.4 Å². The molecule has 1 saturated carbocycles. The average Bonchev–Trinajstić information content (AvgIpc) is 2.90. The van der Waals surface area contributed by atoms with Crippen LogP contribution in [-0.4, -0.2) is 21.4 Å². The Labute approximate surface area is 120 Å². The number of benzene rings is 1. The van der Waals surface area contributed by atoms with Crippen LogP contribution < -0.4 is 11.1 Å². The van der Waals surface area contributed by atoms with Gasteiger partial charge in [0, 0.05) is 6.04 Å². The number of anilines is 1. The maximum atomic E-state index is 13.0. The van der Waals surface area contributed by atoms with Gasteiger partial charge in [0.1, 0.15) is 11.1 Å². The number of carbonyl (C=O) groups is 1.